The lowest BCUT2D eigenvalue weighted by atomic mass is 10.2. The number of hydrogen-bond donors (Lipinski definition) is 2. The number of hydrogen-bond acceptors (Lipinski definition) is 4. The standard InChI is InChI=1S/C11H8Cl2N2O2S/c1-5-9(11(16)17)10(18-15-5)14-6-2-3-7(12)8(13)4-6/h2-4,14H,1H3,(H,16,17). The summed E-state index contributed by atoms with van der Waals surface area (Å²) < 4.78 is 4.01. The van der Waals surface area contributed by atoms with Gasteiger partial charge in [-0.2, -0.15) is 4.37 Å². The Morgan fingerprint density at radius 3 is 2.72 bits per heavy atom. The lowest BCUT2D eigenvalue weighted by molar-refractivity contribution is 0.0697. The smallest absolute Gasteiger partial charge is 0.340 e. The van der Waals surface area contributed by atoms with Gasteiger partial charge in [0.25, 0.3) is 0 Å². The highest BCUT2D eigenvalue weighted by atomic mass is 35.5. The fourth-order valence-corrected chi connectivity index (χ4v) is 2.52. The second-order valence-electron chi connectivity index (χ2n) is 3.53. The number of carbonyl (C=O) groups is 1. The lowest BCUT2D eigenvalue weighted by Gasteiger charge is -2.06. The Balaban J connectivity index is 2.34. The third-order valence-corrected chi connectivity index (χ3v) is 3.85. The van der Waals surface area contributed by atoms with E-state index < -0.39 is 5.97 Å². The predicted molar refractivity (Wildman–Crippen MR) is 73.6 cm³/mol. The average Bonchev–Trinajstić information content (AvgIpc) is 2.65. The summed E-state index contributed by atoms with van der Waals surface area (Å²) in [7, 11) is 0. The van der Waals surface area contributed by atoms with E-state index in [1.54, 1.807) is 25.1 Å². The second kappa shape index (κ2) is 5.14. The van der Waals surface area contributed by atoms with E-state index in [2.05, 4.69) is 9.69 Å². The summed E-state index contributed by atoms with van der Waals surface area (Å²) in [4.78, 5) is 11.1. The Morgan fingerprint density at radius 2 is 2.11 bits per heavy atom. The zero-order chi connectivity index (χ0) is 13.3. The fraction of sp³-hybridized carbons (Fsp3) is 0.0909. The van der Waals surface area contributed by atoms with Crippen LogP contribution in [0.25, 0.3) is 0 Å². The first-order valence-corrected chi connectivity index (χ1v) is 6.43. The van der Waals surface area contributed by atoms with Gasteiger partial charge in [-0.25, -0.2) is 4.79 Å². The molecule has 0 aliphatic heterocycles. The molecule has 0 unspecified atom stereocenters. The molecule has 2 N–H and O–H groups in total. The first-order chi connectivity index (χ1) is 8.49. The van der Waals surface area contributed by atoms with Gasteiger partial charge in [0.2, 0.25) is 0 Å². The van der Waals surface area contributed by atoms with E-state index >= 15 is 0 Å². The Bertz CT molecular complexity index is 613. The zero-order valence-electron chi connectivity index (χ0n) is 9.20. The van der Waals surface area contributed by atoms with Crippen LogP contribution in [0.4, 0.5) is 10.7 Å². The van der Waals surface area contributed by atoms with E-state index in [4.69, 9.17) is 28.3 Å². The summed E-state index contributed by atoms with van der Waals surface area (Å²) >= 11 is 12.8. The van der Waals surface area contributed by atoms with Crippen molar-refractivity contribution in [2.75, 3.05) is 5.32 Å². The fourth-order valence-electron chi connectivity index (χ4n) is 1.41. The Morgan fingerprint density at radius 1 is 1.39 bits per heavy atom. The molecule has 0 atom stereocenters. The second-order valence-corrected chi connectivity index (χ2v) is 5.12. The van der Waals surface area contributed by atoms with Crippen LogP contribution in [0.2, 0.25) is 10.0 Å². The number of aromatic carboxylic acids is 1. The highest BCUT2D eigenvalue weighted by Gasteiger charge is 2.17. The molecule has 1 heterocycles. The average molecular weight is 303 g/mol. The summed E-state index contributed by atoms with van der Waals surface area (Å²) in [5, 5.41) is 13.4. The summed E-state index contributed by atoms with van der Waals surface area (Å²) in [6.45, 7) is 1.65. The molecule has 1 aromatic carbocycles. The third kappa shape index (κ3) is 2.58. The van der Waals surface area contributed by atoms with Gasteiger partial charge in [-0.15, -0.1) is 0 Å². The van der Waals surface area contributed by atoms with Gasteiger partial charge < -0.3 is 10.4 Å². The first-order valence-electron chi connectivity index (χ1n) is 4.90. The maximum absolute atomic E-state index is 11.1. The molecule has 0 saturated heterocycles. The van der Waals surface area contributed by atoms with Crippen LogP contribution in [0.3, 0.4) is 0 Å². The number of benzene rings is 1. The normalized spacial score (nSPS) is 10.4. The van der Waals surface area contributed by atoms with Crippen LogP contribution in [-0.4, -0.2) is 15.4 Å². The van der Waals surface area contributed by atoms with Crippen LogP contribution in [0.1, 0.15) is 16.1 Å². The molecular formula is C11H8Cl2N2O2S. The monoisotopic (exact) mass is 302 g/mol. The number of carboxylic acids is 1. The molecule has 0 fully saturated rings. The van der Waals surface area contributed by atoms with E-state index in [1.807, 2.05) is 0 Å². The molecule has 0 amide bonds. The number of halogens is 2. The van der Waals surface area contributed by atoms with Crippen molar-refractivity contribution in [1.82, 2.24) is 4.37 Å². The van der Waals surface area contributed by atoms with Crippen LogP contribution >= 0.6 is 34.7 Å². The molecule has 0 saturated carbocycles. The number of carboxylic acid groups (broad SMARTS) is 1. The molecule has 0 aliphatic carbocycles. The molecule has 0 bridgehead atoms. The van der Waals surface area contributed by atoms with E-state index in [-0.39, 0.29) is 5.56 Å². The van der Waals surface area contributed by atoms with Crippen LogP contribution in [0.5, 0.6) is 0 Å². The highest BCUT2D eigenvalue weighted by molar-refractivity contribution is 7.10. The van der Waals surface area contributed by atoms with Gasteiger partial charge in [0.1, 0.15) is 10.6 Å². The quantitative estimate of drug-likeness (QED) is 0.892. The predicted octanol–water partition coefficient (Wildman–Crippen LogP) is 4.20. The van der Waals surface area contributed by atoms with Crippen molar-refractivity contribution in [3.63, 3.8) is 0 Å². The van der Waals surface area contributed by atoms with Crippen molar-refractivity contribution in [2.45, 2.75) is 6.92 Å². The third-order valence-electron chi connectivity index (χ3n) is 2.25. The summed E-state index contributed by atoms with van der Waals surface area (Å²) in [5.41, 5.74) is 1.32. The molecule has 0 aliphatic rings. The molecule has 1 aromatic heterocycles. The van der Waals surface area contributed by atoms with Gasteiger partial charge >= 0.3 is 5.97 Å². The number of anilines is 2. The summed E-state index contributed by atoms with van der Waals surface area (Å²) in [6.07, 6.45) is 0. The number of aryl methyl sites for hydroxylation is 1. The van der Waals surface area contributed by atoms with Crippen LogP contribution in [0.15, 0.2) is 18.2 Å². The zero-order valence-corrected chi connectivity index (χ0v) is 11.5. The SMILES string of the molecule is Cc1nsc(Nc2ccc(Cl)c(Cl)c2)c1C(=O)O. The number of rotatable bonds is 3. The van der Waals surface area contributed by atoms with Gasteiger partial charge in [-0.3, -0.25) is 0 Å². The molecule has 0 spiro atoms. The topological polar surface area (TPSA) is 62.2 Å². The van der Waals surface area contributed by atoms with Gasteiger partial charge in [0.05, 0.1) is 15.7 Å². The number of nitrogens with one attached hydrogen (secondary N) is 1. The van der Waals surface area contributed by atoms with Gasteiger partial charge in [0, 0.05) is 5.69 Å². The van der Waals surface area contributed by atoms with Crippen LogP contribution < -0.4 is 5.32 Å². The molecule has 4 nitrogen and oxygen atoms in total. The minimum Gasteiger partial charge on any atom is -0.478 e. The molecule has 94 valence electrons. The van der Waals surface area contributed by atoms with Crippen molar-refractivity contribution < 1.29 is 9.90 Å². The van der Waals surface area contributed by atoms with E-state index in [9.17, 15) is 4.79 Å². The Hall–Kier alpha value is -1.30. The number of aromatic nitrogens is 1. The minimum atomic E-state index is -1.01. The maximum Gasteiger partial charge on any atom is 0.340 e. The molecular weight excluding hydrogens is 295 g/mol. The van der Waals surface area contributed by atoms with Gasteiger partial charge in [-0.05, 0) is 36.7 Å². The van der Waals surface area contributed by atoms with Crippen molar-refractivity contribution >= 4 is 51.4 Å². The Labute approximate surface area is 117 Å². The van der Waals surface area contributed by atoms with Crippen molar-refractivity contribution in [3.8, 4) is 0 Å². The van der Waals surface area contributed by atoms with Crippen LogP contribution in [-0.2, 0) is 0 Å². The maximum atomic E-state index is 11.1. The first kappa shape index (κ1) is 13.1. The largest absolute Gasteiger partial charge is 0.478 e. The van der Waals surface area contributed by atoms with Gasteiger partial charge in [-0.1, -0.05) is 23.2 Å². The van der Waals surface area contributed by atoms with E-state index in [0.29, 0.717) is 26.4 Å². The minimum absolute atomic E-state index is 0.172. The molecule has 7 heteroatoms. The molecule has 2 rings (SSSR count). The van der Waals surface area contributed by atoms with E-state index in [1.165, 1.54) is 0 Å². The summed E-state index contributed by atoms with van der Waals surface area (Å²) in [6, 6.07) is 4.99. The Kier molecular flexibility index (Phi) is 3.75. The van der Waals surface area contributed by atoms with Crippen molar-refractivity contribution in [3.05, 3.63) is 39.5 Å². The van der Waals surface area contributed by atoms with Gasteiger partial charge in [0.15, 0.2) is 0 Å². The molecule has 0 radical (unpaired) electrons. The van der Waals surface area contributed by atoms with Crippen LogP contribution in [0, 0.1) is 6.92 Å². The number of nitrogens with zero attached hydrogens (tertiary/aromatic N) is 1. The van der Waals surface area contributed by atoms with E-state index in [0.717, 1.165) is 11.5 Å². The summed E-state index contributed by atoms with van der Waals surface area (Å²) in [5.74, 6) is -1.01. The molecule has 18 heavy (non-hydrogen) atoms. The lowest BCUT2D eigenvalue weighted by Crippen LogP contribution is -2.01. The highest BCUT2D eigenvalue weighted by Crippen LogP contribution is 2.31. The van der Waals surface area contributed by atoms with Crippen molar-refractivity contribution in [1.29, 1.82) is 0 Å². The van der Waals surface area contributed by atoms with Crippen molar-refractivity contribution in [2.24, 2.45) is 0 Å². The molecule has 2 aromatic rings.